The molecule has 0 bridgehead atoms. The molecular formula is C22H15ClF3N5O2. The highest BCUT2D eigenvalue weighted by Gasteiger charge is 2.40. The molecular weight excluding hydrogens is 459 g/mol. The van der Waals surface area contributed by atoms with Gasteiger partial charge in [-0.1, -0.05) is 11.6 Å². The van der Waals surface area contributed by atoms with Crippen molar-refractivity contribution in [3.63, 3.8) is 0 Å². The van der Waals surface area contributed by atoms with E-state index in [1.54, 1.807) is 17.8 Å². The molecule has 2 aromatic heterocycles. The third-order valence-corrected chi connectivity index (χ3v) is 5.03. The van der Waals surface area contributed by atoms with Gasteiger partial charge in [-0.2, -0.15) is 18.3 Å². The zero-order chi connectivity index (χ0) is 23.8. The fourth-order valence-corrected chi connectivity index (χ4v) is 3.31. The first-order chi connectivity index (χ1) is 15.6. The molecule has 4 rings (SSSR count). The Morgan fingerprint density at radius 1 is 1.03 bits per heavy atom. The molecule has 0 atom stereocenters. The zero-order valence-electron chi connectivity index (χ0n) is 17.0. The average Bonchev–Trinajstić information content (AvgIpc) is 3.41. The van der Waals surface area contributed by atoms with Crippen LogP contribution in [0.2, 0.25) is 5.02 Å². The van der Waals surface area contributed by atoms with E-state index in [1.165, 1.54) is 54.7 Å². The molecule has 0 unspecified atom stereocenters. The van der Waals surface area contributed by atoms with E-state index in [0.29, 0.717) is 15.3 Å². The summed E-state index contributed by atoms with van der Waals surface area (Å²) in [7, 11) is 1.68. The van der Waals surface area contributed by atoms with Crippen molar-refractivity contribution in [1.29, 1.82) is 0 Å². The van der Waals surface area contributed by atoms with Crippen LogP contribution in [0.1, 0.15) is 32.2 Å². The number of hydrogen-bond donors (Lipinski definition) is 1. The van der Waals surface area contributed by atoms with Crippen LogP contribution >= 0.6 is 11.6 Å². The van der Waals surface area contributed by atoms with Crippen LogP contribution in [0, 0.1) is 0 Å². The van der Waals surface area contributed by atoms with E-state index in [-0.39, 0.29) is 23.0 Å². The Kier molecular flexibility index (Phi) is 5.77. The van der Waals surface area contributed by atoms with Gasteiger partial charge in [0.1, 0.15) is 0 Å². The fourth-order valence-electron chi connectivity index (χ4n) is 3.18. The summed E-state index contributed by atoms with van der Waals surface area (Å²) in [6.07, 6.45) is -0.874. The SMILES string of the molecule is Cn1ccnc1C(=O)c1ccc(NC(=O)c2cnn(-c3ccc(Cl)cc3)c2C(F)(F)F)cc1. The Balaban J connectivity index is 1.59. The lowest BCUT2D eigenvalue weighted by atomic mass is 10.1. The minimum absolute atomic E-state index is 0.0999. The highest BCUT2D eigenvalue weighted by atomic mass is 35.5. The Labute approximate surface area is 190 Å². The van der Waals surface area contributed by atoms with Gasteiger partial charge in [-0.3, -0.25) is 9.59 Å². The average molecular weight is 474 g/mol. The minimum atomic E-state index is -4.85. The molecule has 0 spiro atoms. The number of carbonyl (C=O) groups excluding carboxylic acids is 2. The maximum atomic E-state index is 13.8. The van der Waals surface area contributed by atoms with E-state index in [2.05, 4.69) is 15.4 Å². The van der Waals surface area contributed by atoms with E-state index in [1.807, 2.05) is 0 Å². The first-order valence-corrected chi connectivity index (χ1v) is 9.87. The monoisotopic (exact) mass is 473 g/mol. The van der Waals surface area contributed by atoms with Gasteiger partial charge in [0, 0.05) is 35.7 Å². The summed E-state index contributed by atoms with van der Waals surface area (Å²) >= 11 is 5.80. The summed E-state index contributed by atoms with van der Waals surface area (Å²) in [4.78, 5) is 29.1. The van der Waals surface area contributed by atoms with Crippen molar-refractivity contribution in [3.8, 4) is 5.69 Å². The van der Waals surface area contributed by atoms with Gasteiger partial charge in [0.15, 0.2) is 11.5 Å². The van der Waals surface area contributed by atoms with Crippen LogP contribution in [0.3, 0.4) is 0 Å². The summed E-state index contributed by atoms with van der Waals surface area (Å²) in [5, 5.41) is 6.52. The van der Waals surface area contributed by atoms with Gasteiger partial charge < -0.3 is 9.88 Å². The van der Waals surface area contributed by atoms with Crippen LogP contribution in [0.15, 0.2) is 67.1 Å². The van der Waals surface area contributed by atoms with E-state index in [9.17, 15) is 22.8 Å². The lowest BCUT2D eigenvalue weighted by Crippen LogP contribution is -2.20. The highest BCUT2D eigenvalue weighted by Crippen LogP contribution is 2.34. The van der Waals surface area contributed by atoms with Crippen LogP contribution in [0.5, 0.6) is 0 Å². The Morgan fingerprint density at radius 3 is 2.27 bits per heavy atom. The third kappa shape index (κ3) is 4.51. The molecule has 0 fully saturated rings. The van der Waals surface area contributed by atoms with Crippen LogP contribution in [0.4, 0.5) is 18.9 Å². The van der Waals surface area contributed by atoms with Gasteiger partial charge in [-0.15, -0.1) is 0 Å². The molecule has 0 saturated heterocycles. The standard InChI is InChI=1S/C22H15ClF3N5O2/c1-30-11-10-27-20(30)18(32)13-2-6-15(7-3-13)29-21(33)17-12-28-31(19(17)22(24,25)26)16-8-4-14(23)5-9-16/h2-12H,1H3,(H,29,33). The van der Waals surface area contributed by atoms with E-state index in [0.717, 1.165) is 6.20 Å². The number of alkyl halides is 3. The molecule has 0 aliphatic carbocycles. The van der Waals surface area contributed by atoms with Crippen molar-refractivity contribution in [1.82, 2.24) is 19.3 Å². The first-order valence-electron chi connectivity index (χ1n) is 9.50. The van der Waals surface area contributed by atoms with Crippen molar-refractivity contribution < 1.29 is 22.8 Å². The molecule has 2 aromatic carbocycles. The fraction of sp³-hybridized carbons (Fsp3) is 0.0909. The predicted octanol–water partition coefficient (Wildman–Crippen LogP) is 4.76. The summed E-state index contributed by atoms with van der Waals surface area (Å²) in [5.74, 6) is -1.09. The second-order valence-corrected chi connectivity index (χ2v) is 7.45. The molecule has 0 saturated carbocycles. The number of aromatic nitrogens is 4. The van der Waals surface area contributed by atoms with Gasteiger partial charge in [0.05, 0.1) is 17.4 Å². The number of nitrogens with one attached hydrogen (secondary N) is 1. The predicted molar refractivity (Wildman–Crippen MR) is 115 cm³/mol. The van der Waals surface area contributed by atoms with E-state index < -0.39 is 23.3 Å². The molecule has 168 valence electrons. The number of ketones is 1. The van der Waals surface area contributed by atoms with Gasteiger partial charge in [-0.05, 0) is 48.5 Å². The van der Waals surface area contributed by atoms with Crippen LogP contribution < -0.4 is 5.32 Å². The maximum Gasteiger partial charge on any atom is 0.434 e. The topological polar surface area (TPSA) is 81.8 Å². The first kappa shape index (κ1) is 22.3. The quantitative estimate of drug-likeness (QED) is 0.424. The summed E-state index contributed by atoms with van der Waals surface area (Å²) in [5.41, 5.74) is -1.24. The number of aryl methyl sites for hydroxylation is 1. The largest absolute Gasteiger partial charge is 0.434 e. The third-order valence-electron chi connectivity index (χ3n) is 4.78. The molecule has 0 radical (unpaired) electrons. The highest BCUT2D eigenvalue weighted by molar-refractivity contribution is 6.30. The lowest BCUT2D eigenvalue weighted by molar-refractivity contribution is -0.143. The molecule has 2 heterocycles. The molecule has 4 aromatic rings. The summed E-state index contributed by atoms with van der Waals surface area (Å²) in [6, 6.07) is 11.3. The summed E-state index contributed by atoms with van der Waals surface area (Å²) in [6.45, 7) is 0. The molecule has 1 N–H and O–H groups in total. The molecule has 33 heavy (non-hydrogen) atoms. The Bertz CT molecular complexity index is 1330. The number of halogens is 4. The van der Waals surface area contributed by atoms with Gasteiger partial charge in [0.25, 0.3) is 5.91 Å². The number of benzene rings is 2. The van der Waals surface area contributed by atoms with Crippen molar-refractivity contribution in [2.45, 2.75) is 6.18 Å². The van der Waals surface area contributed by atoms with E-state index >= 15 is 0 Å². The van der Waals surface area contributed by atoms with Crippen LogP contribution in [-0.2, 0) is 13.2 Å². The second-order valence-electron chi connectivity index (χ2n) is 7.02. The number of nitrogens with zero attached hydrogens (tertiary/aromatic N) is 4. The molecule has 0 aliphatic rings. The number of rotatable bonds is 5. The van der Waals surface area contributed by atoms with Crippen molar-refractivity contribution in [3.05, 3.63) is 94.8 Å². The lowest BCUT2D eigenvalue weighted by Gasteiger charge is -2.13. The minimum Gasteiger partial charge on any atom is -0.331 e. The van der Waals surface area contributed by atoms with Crippen LogP contribution in [0.25, 0.3) is 5.69 Å². The molecule has 0 aliphatic heterocycles. The summed E-state index contributed by atoms with van der Waals surface area (Å²) < 4.78 is 43.6. The normalized spacial score (nSPS) is 11.4. The van der Waals surface area contributed by atoms with E-state index in [4.69, 9.17) is 11.6 Å². The second kappa shape index (κ2) is 8.55. The number of imidazole rings is 1. The number of amides is 1. The van der Waals surface area contributed by atoms with Crippen LogP contribution in [-0.4, -0.2) is 31.0 Å². The van der Waals surface area contributed by atoms with Crippen molar-refractivity contribution in [2.24, 2.45) is 7.05 Å². The molecule has 1 amide bonds. The Hall–Kier alpha value is -3.92. The van der Waals surface area contributed by atoms with Gasteiger partial charge >= 0.3 is 6.18 Å². The van der Waals surface area contributed by atoms with Crippen molar-refractivity contribution in [2.75, 3.05) is 5.32 Å². The molecule has 11 heteroatoms. The maximum absolute atomic E-state index is 13.8. The number of carbonyl (C=O) groups is 2. The van der Waals surface area contributed by atoms with Gasteiger partial charge in [-0.25, -0.2) is 9.67 Å². The van der Waals surface area contributed by atoms with Crippen molar-refractivity contribution >= 4 is 29.0 Å². The smallest absolute Gasteiger partial charge is 0.331 e. The number of anilines is 1. The molecule has 7 nitrogen and oxygen atoms in total. The Morgan fingerprint density at radius 2 is 1.70 bits per heavy atom. The number of hydrogen-bond acceptors (Lipinski definition) is 4. The van der Waals surface area contributed by atoms with Gasteiger partial charge in [0.2, 0.25) is 5.78 Å². The zero-order valence-corrected chi connectivity index (χ0v) is 17.7.